The van der Waals surface area contributed by atoms with Crippen LogP contribution in [-0.2, 0) is 22.4 Å². The zero-order valence-electron chi connectivity index (χ0n) is 21.0. The zero-order valence-corrected chi connectivity index (χ0v) is 22.0. The standard InChI is InChI=1S/C26H32F2N2O5Si/c1-35-18-7-8-19-17(15-18)9-11-30(26(34)29-10-5-6-23(32)33)24(19)22(31)14-16-12-20(27)25(21(28)13-16)36(2,3)4/h7-8,12-13,15,24H,5-6,9-11,14H2,1-4H3,(H,29,34)(H,32,33)/t24-/m1/s1. The fraction of sp³-hybridized carbons (Fsp3) is 0.423. The van der Waals surface area contributed by atoms with Gasteiger partial charge in [0, 0.05) is 31.1 Å². The summed E-state index contributed by atoms with van der Waals surface area (Å²) >= 11 is 0. The van der Waals surface area contributed by atoms with Crippen LogP contribution in [0.5, 0.6) is 5.75 Å². The van der Waals surface area contributed by atoms with E-state index in [9.17, 15) is 23.2 Å². The molecule has 36 heavy (non-hydrogen) atoms. The number of carbonyl (C=O) groups is 3. The number of halogens is 2. The molecule has 2 aromatic rings. The largest absolute Gasteiger partial charge is 0.497 e. The van der Waals surface area contributed by atoms with Gasteiger partial charge in [-0.15, -0.1) is 0 Å². The number of nitrogens with one attached hydrogen (secondary N) is 1. The molecule has 1 atom stereocenters. The lowest BCUT2D eigenvalue weighted by Gasteiger charge is -2.36. The predicted molar refractivity (Wildman–Crippen MR) is 134 cm³/mol. The summed E-state index contributed by atoms with van der Waals surface area (Å²) in [6, 6.07) is 6.23. The lowest BCUT2D eigenvalue weighted by Crippen LogP contribution is -2.48. The minimum atomic E-state index is -2.27. The van der Waals surface area contributed by atoms with Gasteiger partial charge < -0.3 is 20.1 Å². The molecule has 1 aliphatic heterocycles. The monoisotopic (exact) mass is 518 g/mol. The molecule has 1 aliphatic rings. The maximum atomic E-state index is 14.8. The number of carboxylic acid groups (broad SMARTS) is 1. The minimum absolute atomic E-state index is 0.0875. The maximum absolute atomic E-state index is 14.8. The third-order valence-electron chi connectivity index (χ3n) is 6.22. The van der Waals surface area contributed by atoms with Crippen molar-refractivity contribution in [3.8, 4) is 5.75 Å². The number of carboxylic acids is 1. The number of hydrogen-bond acceptors (Lipinski definition) is 4. The Kier molecular flexibility index (Phi) is 8.49. The number of ether oxygens (including phenoxy) is 1. The number of nitrogens with zero attached hydrogens (tertiary/aromatic N) is 1. The van der Waals surface area contributed by atoms with Crippen LogP contribution in [0.1, 0.15) is 35.6 Å². The first kappa shape index (κ1) is 27.3. The van der Waals surface area contributed by atoms with Crippen molar-refractivity contribution in [2.45, 2.75) is 51.4 Å². The first-order valence-electron chi connectivity index (χ1n) is 11.9. The Morgan fingerprint density at radius 3 is 2.39 bits per heavy atom. The number of amides is 2. The fourth-order valence-corrected chi connectivity index (χ4v) is 6.15. The molecule has 0 saturated heterocycles. The van der Waals surface area contributed by atoms with Crippen molar-refractivity contribution in [3.05, 3.63) is 58.7 Å². The summed E-state index contributed by atoms with van der Waals surface area (Å²) in [4.78, 5) is 38.7. The summed E-state index contributed by atoms with van der Waals surface area (Å²) in [5.74, 6) is -2.02. The van der Waals surface area contributed by atoms with Crippen LogP contribution in [-0.4, -0.2) is 56.1 Å². The van der Waals surface area contributed by atoms with Crippen molar-refractivity contribution in [2.75, 3.05) is 20.2 Å². The van der Waals surface area contributed by atoms with Crippen molar-refractivity contribution >= 4 is 31.0 Å². The molecule has 0 aliphatic carbocycles. The Hall–Kier alpha value is -3.27. The average Bonchev–Trinajstić information content (AvgIpc) is 2.78. The number of aliphatic carboxylic acids is 1. The van der Waals surface area contributed by atoms with Gasteiger partial charge in [-0.05, 0) is 53.8 Å². The van der Waals surface area contributed by atoms with E-state index in [1.54, 1.807) is 12.1 Å². The number of urea groups is 1. The molecule has 0 spiro atoms. The molecular weight excluding hydrogens is 486 g/mol. The maximum Gasteiger partial charge on any atom is 0.318 e. The molecule has 0 aromatic heterocycles. The van der Waals surface area contributed by atoms with Crippen LogP contribution in [0.3, 0.4) is 0 Å². The van der Waals surface area contributed by atoms with Gasteiger partial charge in [-0.3, -0.25) is 9.59 Å². The van der Waals surface area contributed by atoms with Gasteiger partial charge >= 0.3 is 12.0 Å². The third-order valence-corrected chi connectivity index (χ3v) is 8.20. The molecule has 0 radical (unpaired) electrons. The Bertz CT molecular complexity index is 1140. The van der Waals surface area contributed by atoms with E-state index in [0.29, 0.717) is 17.7 Å². The summed E-state index contributed by atoms with van der Waals surface area (Å²) in [5.41, 5.74) is 1.70. The Morgan fingerprint density at radius 1 is 1.14 bits per heavy atom. The van der Waals surface area contributed by atoms with E-state index in [0.717, 1.165) is 5.56 Å². The molecule has 10 heteroatoms. The van der Waals surface area contributed by atoms with E-state index in [1.807, 2.05) is 25.7 Å². The summed E-state index contributed by atoms with van der Waals surface area (Å²) in [5, 5.41) is 11.6. The molecule has 7 nitrogen and oxygen atoms in total. The SMILES string of the molecule is COc1ccc2c(c1)CCN(C(=O)NCCCC(=O)O)[C@H]2C(=O)Cc1cc(F)c([Si](C)(C)C)c(F)c1. The second kappa shape index (κ2) is 11.2. The Balaban J connectivity index is 1.90. The lowest BCUT2D eigenvalue weighted by atomic mass is 9.88. The van der Waals surface area contributed by atoms with E-state index in [-0.39, 0.29) is 48.9 Å². The van der Waals surface area contributed by atoms with Gasteiger partial charge in [0.1, 0.15) is 23.4 Å². The van der Waals surface area contributed by atoms with Gasteiger partial charge in [0.05, 0.1) is 15.2 Å². The topological polar surface area (TPSA) is 95.9 Å². The highest BCUT2D eigenvalue weighted by Gasteiger charge is 2.36. The van der Waals surface area contributed by atoms with Gasteiger partial charge in [-0.2, -0.15) is 0 Å². The number of carbonyl (C=O) groups excluding carboxylic acids is 2. The number of methoxy groups -OCH3 is 1. The average molecular weight is 519 g/mol. The molecular formula is C26H32F2N2O5Si. The first-order valence-corrected chi connectivity index (χ1v) is 15.4. The van der Waals surface area contributed by atoms with Crippen LogP contribution < -0.4 is 15.2 Å². The van der Waals surface area contributed by atoms with Gasteiger partial charge in [0.15, 0.2) is 5.78 Å². The van der Waals surface area contributed by atoms with Crippen LogP contribution in [0, 0.1) is 11.6 Å². The number of benzene rings is 2. The quantitative estimate of drug-likeness (QED) is 0.389. The smallest absolute Gasteiger partial charge is 0.318 e. The van der Waals surface area contributed by atoms with Crippen LogP contribution in [0.4, 0.5) is 13.6 Å². The molecule has 2 N–H and O–H groups in total. The summed E-state index contributed by atoms with van der Waals surface area (Å²) in [6.07, 6.45) is 0.408. The Labute approximate surface area is 210 Å². The van der Waals surface area contributed by atoms with E-state index >= 15 is 0 Å². The molecule has 3 rings (SSSR count). The fourth-order valence-electron chi connectivity index (χ4n) is 4.57. The van der Waals surface area contributed by atoms with E-state index < -0.39 is 37.8 Å². The van der Waals surface area contributed by atoms with Crippen LogP contribution >= 0.6 is 0 Å². The third kappa shape index (κ3) is 6.29. The number of hydrogen-bond donors (Lipinski definition) is 2. The van der Waals surface area contributed by atoms with Crippen LogP contribution in [0.15, 0.2) is 30.3 Å². The second-order valence-electron chi connectivity index (χ2n) is 9.97. The predicted octanol–water partition coefficient (Wildman–Crippen LogP) is 3.80. The molecule has 0 unspecified atom stereocenters. The van der Waals surface area contributed by atoms with Gasteiger partial charge in [0.2, 0.25) is 0 Å². The van der Waals surface area contributed by atoms with Crippen molar-refractivity contribution in [1.29, 1.82) is 0 Å². The number of rotatable bonds is 9. The molecule has 0 bridgehead atoms. The van der Waals surface area contributed by atoms with Crippen molar-refractivity contribution in [2.24, 2.45) is 0 Å². The number of fused-ring (bicyclic) bond motifs is 1. The first-order chi connectivity index (χ1) is 16.9. The highest BCUT2D eigenvalue weighted by Crippen LogP contribution is 2.34. The molecule has 0 fully saturated rings. The van der Waals surface area contributed by atoms with Crippen LogP contribution in [0.2, 0.25) is 19.6 Å². The molecule has 1 heterocycles. The highest BCUT2D eigenvalue weighted by atomic mass is 28.3. The molecule has 2 aromatic carbocycles. The van der Waals surface area contributed by atoms with E-state index in [2.05, 4.69) is 5.32 Å². The van der Waals surface area contributed by atoms with Crippen molar-refractivity contribution in [1.82, 2.24) is 10.2 Å². The van der Waals surface area contributed by atoms with Crippen molar-refractivity contribution < 1.29 is 33.0 Å². The van der Waals surface area contributed by atoms with E-state index in [1.165, 1.54) is 24.1 Å². The molecule has 0 saturated carbocycles. The van der Waals surface area contributed by atoms with Crippen LogP contribution in [0.25, 0.3) is 0 Å². The lowest BCUT2D eigenvalue weighted by molar-refractivity contribution is -0.137. The second-order valence-corrected chi connectivity index (χ2v) is 15.0. The number of Topliss-reactive ketones (excluding diaryl/α,β-unsaturated/α-hetero) is 1. The van der Waals surface area contributed by atoms with Crippen molar-refractivity contribution in [3.63, 3.8) is 0 Å². The van der Waals surface area contributed by atoms with Gasteiger partial charge in [-0.1, -0.05) is 25.7 Å². The molecule has 2 amide bonds. The Morgan fingerprint density at radius 2 is 1.81 bits per heavy atom. The van der Waals surface area contributed by atoms with E-state index in [4.69, 9.17) is 9.84 Å². The minimum Gasteiger partial charge on any atom is -0.497 e. The number of ketones is 1. The van der Waals surface area contributed by atoms with Gasteiger partial charge in [-0.25, -0.2) is 13.6 Å². The summed E-state index contributed by atoms with van der Waals surface area (Å²) in [7, 11) is -0.729. The van der Waals surface area contributed by atoms with Gasteiger partial charge in [0.25, 0.3) is 0 Å². The summed E-state index contributed by atoms with van der Waals surface area (Å²) < 4.78 is 34.9. The normalized spacial score (nSPS) is 15.3. The zero-order chi connectivity index (χ0) is 26.6. The summed E-state index contributed by atoms with van der Waals surface area (Å²) in [6.45, 7) is 5.93. The molecule has 194 valence electrons. The highest BCUT2D eigenvalue weighted by molar-refractivity contribution is 6.88.